The van der Waals surface area contributed by atoms with Gasteiger partial charge in [0.05, 0.1) is 90.2 Å². The quantitative estimate of drug-likeness (QED) is 0.0280. The highest BCUT2D eigenvalue weighted by molar-refractivity contribution is 5.76. The zero-order valence-electron chi connectivity index (χ0n) is 60.4. The van der Waals surface area contributed by atoms with E-state index in [1.165, 1.54) is 9.80 Å². The summed E-state index contributed by atoms with van der Waals surface area (Å²) in [4.78, 5) is 151. The number of nitrogens with zero attached hydrogens (tertiary/aromatic N) is 6. The Morgan fingerprint density at radius 2 is 0.867 bits per heavy atom. The molecule has 0 aromatic heterocycles. The highest BCUT2D eigenvalue weighted by Gasteiger charge is 2.66. The third kappa shape index (κ3) is 28.6. The number of ether oxygens (including phenoxy) is 3. The number of rotatable bonds is 54. The summed E-state index contributed by atoms with van der Waals surface area (Å²) >= 11 is 0. The fourth-order valence-electron chi connectivity index (χ4n) is 17.4. The number of hydrogen-bond acceptors (Lipinski definition) is 25. The van der Waals surface area contributed by atoms with Gasteiger partial charge in [-0.3, -0.25) is 92.8 Å². The van der Waals surface area contributed by atoms with Crippen molar-refractivity contribution in [3.63, 3.8) is 0 Å². The molecule has 16 N–H and O–H groups in total. The molecule has 5 rings (SSSR count). The number of aliphatic hydroxyl groups is 2. The van der Waals surface area contributed by atoms with Crippen molar-refractivity contribution in [2.75, 3.05) is 131 Å². The number of unbranched alkanes of at least 4 members (excludes halogenated alkanes) is 2. The summed E-state index contributed by atoms with van der Waals surface area (Å²) in [7, 11) is 0. The summed E-state index contributed by atoms with van der Waals surface area (Å²) in [5.41, 5.74) is -0.712. The third-order valence-electron chi connectivity index (χ3n) is 22.5. The minimum Gasteiger partial charge on any atom is -0.481 e. The lowest BCUT2D eigenvalue weighted by molar-refractivity contribution is -0.207. The number of hydrogen-bond donors (Lipinski definition) is 16. The molecule has 1 amide bonds. The molecule has 8 unspecified atom stereocenters. The number of nitrogens with one attached hydrogen (secondary N) is 3. The monoisotopic (exact) mass is 1500 g/mol. The summed E-state index contributed by atoms with van der Waals surface area (Å²) in [6.07, 6.45) is 3.38. The smallest absolute Gasteiger partial charge is 0.407 e. The summed E-state index contributed by atoms with van der Waals surface area (Å²) in [5, 5.41) is 139. The third-order valence-corrected chi connectivity index (χ3v) is 22.5. The minimum absolute atomic E-state index is 0.00650. The Bertz CT molecular complexity index is 2630. The second-order valence-corrected chi connectivity index (χ2v) is 29.6. The second kappa shape index (κ2) is 43.1. The van der Waals surface area contributed by atoms with E-state index in [2.05, 4.69) is 36.7 Å². The minimum atomic E-state index is -1.33. The Hall–Kier alpha value is -7.04. The maximum atomic E-state index is 13.9. The van der Waals surface area contributed by atoms with Crippen molar-refractivity contribution in [3.8, 4) is 0 Å². The Labute approximate surface area is 609 Å². The first-order valence-electron chi connectivity index (χ1n) is 36.3. The van der Waals surface area contributed by atoms with Gasteiger partial charge in [0.25, 0.3) is 0 Å². The molecule has 37 heteroatoms. The van der Waals surface area contributed by atoms with Crippen molar-refractivity contribution < 1.29 is 138 Å². The molecule has 15 atom stereocenters. The van der Waals surface area contributed by atoms with E-state index >= 15 is 0 Å². The lowest BCUT2D eigenvalue weighted by Gasteiger charge is -2.63. The topological polar surface area (TPSA) is 551 Å². The fraction of sp³-hybridized carbons (Fsp3) is 0.824. The summed E-state index contributed by atoms with van der Waals surface area (Å²) in [5.74, 6) is -13.8. The zero-order valence-corrected chi connectivity index (χ0v) is 60.4. The van der Waals surface area contributed by atoms with Crippen LogP contribution in [0.15, 0.2) is 0 Å². The average Bonchev–Trinajstić information content (AvgIpc) is 1.66. The highest BCUT2D eigenvalue weighted by atomic mass is 16.6. The predicted octanol–water partition coefficient (Wildman–Crippen LogP) is -0.0546. The molecule has 5 aliphatic carbocycles. The van der Waals surface area contributed by atoms with Gasteiger partial charge >= 0.3 is 71.8 Å². The van der Waals surface area contributed by atoms with E-state index in [0.29, 0.717) is 77.3 Å². The maximum Gasteiger partial charge on any atom is 0.407 e. The average molecular weight is 1500 g/mol. The van der Waals surface area contributed by atoms with Gasteiger partial charge in [0.1, 0.15) is 18.2 Å². The van der Waals surface area contributed by atoms with Crippen molar-refractivity contribution >= 4 is 71.8 Å². The van der Waals surface area contributed by atoms with E-state index in [0.717, 1.165) is 32.4 Å². The molecular weight excluding hydrogens is 1390 g/mol. The first-order valence-corrected chi connectivity index (χ1v) is 36.3. The van der Waals surface area contributed by atoms with Gasteiger partial charge in [-0.05, 0) is 149 Å². The molecule has 5 fully saturated rings. The van der Waals surface area contributed by atoms with E-state index in [1.54, 1.807) is 0 Å². The molecule has 0 saturated heterocycles. The molecule has 0 radical (unpaired) electrons. The van der Waals surface area contributed by atoms with Gasteiger partial charge in [0.15, 0.2) is 0 Å². The SMILES string of the molecule is CC(CCC(=O)O)C1CC[C@@H]2C3C(O)C[C@@H]4CC(OC(=O)NC5CC(OCNCCCC[C@@H](C(=O)O)N(CCN(CC(=O)O)CC(=O)O)CCN(CC(=O)O)CC(=O)O)C(OCNCCCC[C@@H](C(=O)O)N(CCN(CC(=O)O)CC(=O)O)CCN(CC(=O)O)CC(=O)O)C5)CC[C@]4(C)C3C[C@H](O)[C@]12C. The molecular formula is C68H113N9O28. The van der Waals surface area contributed by atoms with Crippen LogP contribution in [0.1, 0.15) is 130 Å². The number of carboxylic acid groups (broad SMARTS) is 11. The number of carbonyl (C=O) groups excluding carboxylic acids is 1. The van der Waals surface area contributed by atoms with Crippen molar-refractivity contribution in [1.82, 2.24) is 45.3 Å². The van der Waals surface area contributed by atoms with E-state index < -0.39 is 178 Å². The Morgan fingerprint density at radius 3 is 1.24 bits per heavy atom. The van der Waals surface area contributed by atoms with Crippen LogP contribution in [0.4, 0.5) is 4.79 Å². The molecule has 0 aliphatic heterocycles. The Morgan fingerprint density at radius 1 is 0.467 bits per heavy atom. The Balaban J connectivity index is 1.23. The summed E-state index contributed by atoms with van der Waals surface area (Å²) < 4.78 is 18.8. The molecule has 0 heterocycles. The number of amides is 1. The molecule has 0 aromatic carbocycles. The molecule has 0 spiro atoms. The van der Waals surface area contributed by atoms with Crippen LogP contribution in [-0.2, 0) is 67.0 Å². The van der Waals surface area contributed by atoms with Crippen molar-refractivity contribution in [1.29, 1.82) is 0 Å². The van der Waals surface area contributed by atoms with E-state index in [1.807, 2.05) is 0 Å². The standard InChI is InChI=1S/C68H113N9O28/c1-41(10-13-54(80)81)45-11-12-46-63-47(30-53(79)68(45,46)3)67(2)15-14-44(26-42(67)27-50(63)78)105-66(102)71-43-28-51(103-39-69-16-6-4-8-48(64(98)99)76(22-18-72(31-55(82)83)32-56(84)85)23-19-73(33-57(86)87)34-58(88)89)52(29-43)104-40-70-17-7-5-9-49(65(100)101)77(24-20-74(35-59(90)91)36-60(92)93)25-21-75(37-61(94)95)38-62(96)97/h41-53,63,69-70,78-79H,4-40H2,1-3H3,(H,71,102)(H,80,81)(H,82,83)(H,84,85)(H,86,87)(H,88,89)(H,90,91)(H,92,93)(H,94,95)(H,96,97)(H,98,99)(H,100,101)/t41?,42-,43?,44?,45?,46+,47?,48-,49-,50?,51?,52?,53-,63?,67-,68+/m0/s1. The lowest BCUT2D eigenvalue weighted by Crippen LogP contribution is -2.62. The van der Waals surface area contributed by atoms with Crippen molar-refractivity contribution in [2.45, 2.75) is 179 Å². The number of aliphatic hydroxyl groups excluding tert-OH is 2. The normalized spacial score (nSPS) is 26.6. The molecule has 37 nitrogen and oxygen atoms in total. The van der Waals surface area contributed by atoms with Gasteiger partial charge in [-0.15, -0.1) is 0 Å². The van der Waals surface area contributed by atoms with Crippen LogP contribution in [0.25, 0.3) is 0 Å². The molecule has 105 heavy (non-hydrogen) atoms. The van der Waals surface area contributed by atoms with Crippen LogP contribution < -0.4 is 16.0 Å². The number of alkyl carbamates (subject to hydrolysis) is 1. The highest BCUT2D eigenvalue weighted by Crippen LogP contribution is 2.68. The number of fused-ring (bicyclic) bond motifs is 5. The van der Waals surface area contributed by atoms with Gasteiger partial charge in [0, 0.05) is 64.8 Å². The molecule has 5 saturated carbocycles. The molecule has 0 aromatic rings. The van der Waals surface area contributed by atoms with E-state index in [4.69, 9.17) is 14.2 Å². The number of carbonyl (C=O) groups is 12. The van der Waals surface area contributed by atoms with Crippen molar-refractivity contribution in [3.05, 3.63) is 0 Å². The number of aliphatic carboxylic acids is 11. The second-order valence-electron chi connectivity index (χ2n) is 29.6. The first kappa shape index (κ1) is 88.6. The number of carboxylic acids is 11. The van der Waals surface area contributed by atoms with Gasteiger partial charge in [-0.25, -0.2) is 4.79 Å². The van der Waals surface area contributed by atoms with Crippen LogP contribution in [0.2, 0.25) is 0 Å². The molecule has 5 aliphatic rings. The fourth-order valence-corrected chi connectivity index (χ4v) is 17.4. The van der Waals surface area contributed by atoms with Gasteiger partial charge in [-0.2, -0.15) is 0 Å². The van der Waals surface area contributed by atoms with E-state index in [9.17, 15) is 124 Å². The first-order chi connectivity index (χ1) is 49.5. The van der Waals surface area contributed by atoms with Crippen LogP contribution in [0.3, 0.4) is 0 Å². The molecule has 598 valence electrons. The van der Waals surface area contributed by atoms with Gasteiger partial charge in [0.2, 0.25) is 0 Å². The van der Waals surface area contributed by atoms with Crippen LogP contribution in [0.5, 0.6) is 0 Å². The zero-order chi connectivity index (χ0) is 77.9. The van der Waals surface area contributed by atoms with E-state index in [-0.39, 0.29) is 139 Å². The predicted molar refractivity (Wildman–Crippen MR) is 366 cm³/mol. The largest absolute Gasteiger partial charge is 0.481 e. The van der Waals surface area contributed by atoms with Crippen LogP contribution >= 0.6 is 0 Å². The lowest BCUT2D eigenvalue weighted by atomic mass is 9.43. The van der Waals surface area contributed by atoms with Crippen LogP contribution in [0, 0.1) is 46.3 Å². The maximum absolute atomic E-state index is 13.9. The van der Waals surface area contributed by atoms with Crippen LogP contribution in [-0.4, -0.2) is 347 Å². The van der Waals surface area contributed by atoms with Gasteiger partial charge < -0.3 is 85.9 Å². The molecule has 0 bridgehead atoms. The van der Waals surface area contributed by atoms with Gasteiger partial charge in [-0.1, -0.05) is 33.6 Å². The Kier molecular flexibility index (Phi) is 36.3. The van der Waals surface area contributed by atoms with Crippen molar-refractivity contribution in [2.24, 2.45) is 46.3 Å². The summed E-state index contributed by atoms with van der Waals surface area (Å²) in [6.45, 7) is 0.0294. The summed E-state index contributed by atoms with van der Waals surface area (Å²) in [6, 6.07) is -2.99.